The fourth-order valence-electron chi connectivity index (χ4n) is 3.58. The number of hydrogen-bond donors (Lipinski definition) is 0. The summed E-state index contributed by atoms with van der Waals surface area (Å²) in [6, 6.07) is 6.18. The lowest BCUT2D eigenvalue weighted by Crippen LogP contribution is -2.47. The van der Waals surface area contributed by atoms with E-state index in [0.29, 0.717) is 0 Å². The van der Waals surface area contributed by atoms with E-state index in [4.69, 9.17) is 0 Å². The number of nitrogens with zero attached hydrogens (tertiary/aromatic N) is 8. The van der Waals surface area contributed by atoms with E-state index in [-0.39, 0.29) is 0 Å². The molecule has 1 saturated heterocycles. The van der Waals surface area contributed by atoms with Gasteiger partial charge in [0, 0.05) is 49.7 Å². The van der Waals surface area contributed by atoms with Crippen molar-refractivity contribution >= 4 is 11.6 Å². The molecule has 0 amide bonds. The summed E-state index contributed by atoms with van der Waals surface area (Å²) < 4.78 is 1.89. The number of rotatable bonds is 4. The monoisotopic (exact) mass is 378 g/mol. The summed E-state index contributed by atoms with van der Waals surface area (Å²) in [4.78, 5) is 22.6. The number of anilines is 2. The van der Waals surface area contributed by atoms with Gasteiger partial charge in [0.25, 0.3) is 0 Å². The topological polar surface area (TPSA) is 75.9 Å². The molecule has 0 bridgehead atoms. The van der Waals surface area contributed by atoms with Crippen molar-refractivity contribution in [2.24, 2.45) is 0 Å². The van der Waals surface area contributed by atoms with Crippen LogP contribution in [0.5, 0.6) is 0 Å². The van der Waals surface area contributed by atoms with Crippen molar-refractivity contribution in [1.29, 1.82) is 0 Å². The van der Waals surface area contributed by atoms with Gasteiger partial charge in [-0.1, -0.05) is 6.92 Å². The second-order valence-corrected chi connectivity index (χ2v) is 7.17. The number of aromatic nitrogens is 6. The fraction of sp³-hybridized carbons (Fsp3) is 0.450. The van der Waals surface area contributed by atoms with E-state index < -0.39 is 0 Å². The Hall–Kier alpha value is -3.03. The molecule has 0 atom stereocenters. The van der Waals surface area contributed by atoms with Gasteiger partial charge in [-0.25, -0.2) is 24.6 Å². The molecule has 3 aromatic heterocycles. The second kappa shape index (κ2) is 7.53. The van der Waals surface area contributed by atoms with E-state index in [1.807, 2.05) is 31.5 Å². The van der Waals surface area contributed by atoms with Crippen LogP contribution in [0.3, 0.4) is 0 Å². The Bertz CT molecular complexity index is 972. The minimum absolute atomic E-state index is 0.755. The van der Waals surface area contributed by atoms with Crippen LogP contribution in [0.25, 0.3) is 5.82 Å². The van der Waals surface area contributed by atoms with Crippen LogP contribution in [0.4, 0.5) is 11.6 Å². The molecule has 146 valence electrons. The quantitative estimate of drug-likeness (QED) is 0.689. The van der Waals surface area contributed by atoms with Crippen molar-refractivity contribution in [3.63, 3.8) is 0 Å². The maximum absolute atomic E-state index is 4.67. The Kier molecular flexibility index (Phi) is 4.93. The van der Waals surface area contributed by atoms with Gasteiger partial charge in [0.05, 0.1) is 5.69 Å². The summed E-state index contributed by atoms with van der Waals surface area (Å²) in [6.45, 7) is 11.7. The Balaban J connectivity index is 1.52. The number of piperazine rings is 1. The molecule has 0 unspecified atom stereocenters. The van der Waals surface area contributed by atoms with E-state index >= 15 is 0 Å². The molecule has 0 radical (unpaired) electrons. The number of aryl methyl sites for hydroxylation is 4. The lowest BCUT2D eigenvalue weighted by molar-refractivity contribution is 0.637. The molecule has 1 aliphatic rings. The van der Waals surface area contributed by atoms with Crippen LogP contribution in [-0.2, 0) is 6.42 Å². The van der Waals surface area contributed by atoms with Gasteiger partial charge in [0.1, 0.15) is 23.8 Å². The van der Waals surface area contributed by atoms with Gasteiger partial charge in [0.2, 0.25) is 0 Å². The molecule has 8 nitrogen and oxygen atoms in total. The molecule has 0 spiro atoms. The van der Waals surface area contributed by atoms with Gasteiger partial charge in [-0.3, -0.25) is 0 Å². The minimum atomic E-state index is 0.755. The van der Waals surface area contributed by atoms with E-state index in [1.165, 1.54) is 0 Å². The van der Waals surface area contributed by atoms with E-state index in [2.05, 4.69) is 53.9 Å². The largest absolute Gasteiger partial charge is 0.353 e. The standard InChI is InChI=1S/C20H26N8/c1-5-17-11-18(22-13-21-17)26-6-8-27(9-7-26)19-12-20(24-16(4)23-19)28-15(3)10-14(2)25-28/h10-13H,5-9H2,1-4H3. The molecule has 0 aliphatic carbocycles. The minimum Gasteiger partial charge on any atom is -0.353 e. The van der Waals surface area contributed by atoms with Crippen LogP contribution in [0, 0.1) is 20.8 Å². The first kappa shape index (κ1) is 18.3. The van der Waals surface area contributed by atoms with Gasteiger partial charge in [0.15, 0.2) is 5.82 Å². The first-order chi connectivity index (χ1) is 13.5. The molecule has 4 heterocycles. The third kappa shape index (κ3) is 3.67. The Labute approximate surface area is 165 Å². The zero-order valence-corrected chi connectivity index (χ0v) is 16.9. The maximum Gasteiger partial charge on any atom is 0.159 e. The van der Waals surface area contributed by atoms with Crippen molar-refractivity contribution in [1.82, 2.24) is 29.7 Å². The third-order valence-corrected chi connectivity index (χ3v) is 5.04. The summed E-state index contributed by atoms with van der Waals surface area (Å²) in [7, 11) is 0. The van der Waals surface area contributed by atoms with Crippen molar-refractivity contribution in [2.75, 3.05) is 36.0 Å². The summed E-state index contributed by atoms with van der Waals surface area (Å²) in [6.07, 6.45) is 2.58. The molecule has 4 rings (SSSR count). The van der Waals surface area contributed by atoms with Gasteiger partial charge in [-0.2, -0.15) is 5.10 Å². The molecule has 28 heavy (non-hydrogen) atoms. The summed E-state index contributed by atoms with van der Waals surface area (Å²) in [5.41, 5.74) is 3.13. The lowest BCUT2D eigenvalue weighted by atomic mass is 10.2. The van der Waals surface area contributed by atoms with Gasteiger partial charge in [-0.15, -0.1) is 0 Å². The molecule has 1 fully saturated rings. The second-order valence-electron chi connectivity index (χ2n) is 7.17. The van der Waals surface area contributed by atoms with Crippen molar-refractivity contribution in [3.05, 3.63) is 47.4 Å². The molecule has 8 heteroatoms. The van der Waals surface area contributed by atoms with E-state index in [0.717, 1.165) is 73.0 Å². The maximum atomic E-state index is 4.67. The first-order valence-corrected chi connectivity index (χ1v) is 9.73. The van der Waals surface area contributed by atoms with Crippen LogP contribution in [0.1, 0.15) is 29.8 Å². The SMILES string of the molecule is CCc1cc(N2CCN(c3cc(-n4nc(C)cc4C)nc(C)n3)CC2)ncn1. The van der Waals surface area contributed by atoms with E-state index in [9.17, 15) is 0 Å². The predicted molar refractivity (Wildman–Crippen MR) is 109 cm³/mol. The highest BCUT2D eigenvalue weighted by Crippen LogP contribution is 2.21. The third-order valence-electron chi connectivity index (χ3n) is 5.04. The molecule has 0 N–H and O–H groups in total. The Morgan fingerprint density at radius 2 is 1.50 bits per heavy atom. The molecular weight excluding hydrogens is 352 g/mol. The molecule has 1 aliphatic heterocycles. The molecule has 3 aromatic rings. The van der Waals surface area contributed by atoms with Gasteiger partial charge < -0.3 is 9.80 Å². The zero-order chi connectivity index (χ0) is 19.7. The Morgan fingerprint density at radius 1 is 0.821 bits per heavy atom. The number of hydrogen-bond acceptors (Lipinski definition) is 7. The van der Waals surface area contributed by atoms with Crippen molar-refractivity contribution in [2.45, 2.75) is 34.1 Å². The van der Waals surface area contributed by atoms with Crippen LogP contribution in [-0.4, -0.2) is 55.9 Å². The molecule has 0 aromatic carbocycles. The molecule has 0 saturated carbocycles. The van der Waals surface area contributed by atoms with Crippen molar-refractivity contribution < 1.29 is 0 Å². The predicted octanol–water partition coefficient (Wildman–Crippen LogP) is 2.27. The van der Waals surface area contributed by atoms with Crippen LogP contribution < -0.4 is 9.80 Å². The summed E-state index contributed by atoms with van der Waals surface area (Å²) in [5, 5.41) is 4.56. The van der Waals surface area contributed by atoms with Crippen LogP contribution in [0.15, 0.2) is 24.5 Å². The highest BCUT2D eigenvalue weighted by molar-refractivity contribution is 5.48. The molecular formula is C20H26N8. The highest BCUT2D eigenvalue weighted by atomic mass is 15.3. The van der Waals surface area contributed by atoms with Gasteiger partial charge >= 0.3 is 0 Å². The van der Waals surface area contributed by atoms with Crippen LogP contribution >= 0.6 is 0 Å². The van der Waals surface area contributed by atoms with E-state index in [1.54, 1.807) is 6.33 Å². The normalized spacial score (nSPS) is 14.6. The zero-order valence-electron chi connectivity index (χ0n) is 16.9. The highest BCUT2D eigenvalue weighted by Gasteiger charge is 2.21. The first-order valence-electron chi connectivity index (χ1n) is 9.73. The smallest absolute Gasteiger partial charge is 0.159 e. The average molecular weight is 378 g/mol. The lowest BCUT2D eigenvalue weighted by Gasteiger charge is -2.36. The fourth-order valence-corrected chi connectivity index (χ4v) is 3.58. The summed E-state index contributed by atoms with van der Waals surface area (Å²) >= 11 is 0. The average Bonchev–Trinajstić information content (AvgIpc) is 3.06. The Morgan fingerprint density at radius 3 is 2.14 bits per heavy atom. The van der Waals surface area contributed by atoms with Crippen molar-refractivity contribution in [3.8, 4) is 5.82 Å². The van der Waals surface area contributed by atoms with Gasteiger partial charge in [-0.05, 0) is 33.3 Å². The summed E-state index contributed by atoms with van der Waals surface area (Å²) in [5.74, 6) is 3.53. The van der Waals surface area contributed by atoms with Crippen LogP contribution in [0.2, 0.25) is 0 Å².